The third-order valence-electron chi connectivity index (χ3n) is 6.99. The fourth-order valence-corrected chi connectivity index (χ4v) is 4.85. The van der Waals surface area contributed by atoms with Crippen molar-refractivity contribution in [2.45, 2.75) is 118 Å². The smallest absolute Gasteiger partial charge is 0.187 e. The van der Waals surface area contributed by atoms with E-state index in [-0.39, 0.29) is 25.9 Å². The Balaban J connectivity index is 1.76. The Labute approximate surface area is 213 Å². The van der Waals surface area contributed by atoms with Crippen molar-refractivity contribution in [2.75, 3.05) is 20.3 Å². The first-order valence-corrected chi connectivity index (χ1v) is 12.4. The van der Waals surface area contributed by atoms with Crippen LogP contribution in [0.5, 0.6) is 0 Å². The van der Waals surface area contributed by atoms with E-state index in [4.69, 9.17) is 28.4 Å². The topological polar surface area (TPSA) is 237 Å². The summed E-state index contributed by atoms with van der Waals surface area (Å²) in [5, 5.41) is 92.1. The highest BCUT2D eigenvalue weighted by Crippen LogP contribution is 2.34. The number of methoxy groups -OCH3 is 1. The van der Waals surface area contributed by atoms with Crippen LogP contribution in [0.15, 0.2) is 0 Å². The van der Waals surface area contributed by atoms with E-state index < -0.39 is 98.7 Å². The molecule has 0 aromatic carbocycles. The fraction of sp³-hybridized carbons (Fsp3) is 1.00. The number of hydrogen-bond donors (Lipinski definition) is 9. The highest BCUT2D eigenvalue weighted by Gasteiger charge is 2.53. The minimum absolute atomic E-state index is 0.0187. The third-order valence-corrected chi connectivity index (χ3v) is 6.99. The van der Waals surface area contributed by atoms with Crippen molar-refractivity contribution in [3.8, 4) is 0 Å². The van der Waals surface area contributed by atoms with Crippen LogP contribution in [0.25, 0.3) is 0 Å². The van der Waals surface area contributed by atoms with Gasteiger partial charge in [0, 0.05) is 20.3 Å². The van der Waals surface area contributed by atoms with E-state index in [1.807, 2.05) is 0 Å². The highest BCUT2D eigenvalue weighted by atomic mass is 16.8. The molecule has 3 aliphatic heterocycles. The minimum atomic E-state index is -1.78. The summed E-state index contributed by atoms with van der Waals surface area (Å²) in [7, 11) is 1.26. The summed E-state index contributed by atoms with van der Waals surface area (Å²) in [5.74, 6) is 0. The van der Waals surface area contributed by atoms with Crippen LogP contribution in [0.2, 0.25) is 0 Å². The number of aliphatic hydroxyl groups excluding tert-OH is 9. The monoisotopic (exact) mass is 544 g/mol. The molecule has 3 rings (SSSR count). The van der Waals surface area contributed by atoms with Crippen LogP contribution in [0.1, 0.15) is 26.2 Å². The molecule has 6 unspecified atom stereocenters. The summed E-state index contributed by atoms with van der Waals surface area (Å²) >= 11 is 0. The molecular weight excluding hydrogens is 504 g/mol. The SMILES string of the molecule is CCC1O[C@@H](O[C@H]2C(CCO)O[C@@H](O[C@H]3C(CCO)O[C@@H](OC)C(O)[C@@H]3O)C(O)[C@@H]2O)C(O)[C@H](O)[C@@H]1O. The van der Waals surface area contributed by atoms with Gasteiger partial charge in [-0.25, -0.2) is 0 Å². The maximum Gasteiger partial charge on any atom is 0.187 e. The Hall–Kier alpha value is -0.600. The molecule has 218 valence electrons. The molecular formula is C22H40O15. The zero-order valence-electron chi connectivity index (χ0n) is 20.7. The highest BCUT2D eigenvalue weighted by molar-refractivity contribution is 4.96. The molecule has 9 N–H and O–H groups in total. The summed E-state index contributed by atoms with van der Waals surface area (Å²) in [6.45, 7) is 0.906. The quantitative estimate of drug-likeness (QED) is 0.126. The molecule has 37 heavy (non-hydrogen) atoms. The summed E-state index contributed by atoms with van der Waals surface area (Å²) in [4.78, 5) is 0. The molecule has 3 heterocycles. The lowest BCUT2D eigenvalue weighted by Gasteiger charge is -2.48. The number of rotatable bonds is 10. The van der Waals surface area contributed by atoms with Gasteiger partial charge in [-0.2, -0.15) is 0 Å². The molecule has 0 amide bonds. The second-order valence-electron chi connectivity index (χ2n) is 9.43. The zero-order valence-corrected chi connectivity index (χ0v) is 20.7. The summed E-state index contributed by atoms with van der Waals surface area (Å²) in [5.41, 5.74) is 0. The molecule has 15 heteroatoms. The predicted molar refractivity (Wildman–Crippen MR) is 118 cm³/mol. The molecule has 0 spiro atoms. The second-order valence-corrected chi connectivity index (χ2v) is 9.43. The lowest BCUT2D eigenvalue weighted by molar-refractivity contribution is -0.376. The van der Waals surface area contributed by atoms with Gasteiger partial charge in [-0.05, 0) is 19.3 Å². The molecule has 15 nitrogen and oxygen atoms in total. The number of aliphatic hydroxyl groups is 9. The Morgan fingerprint density at radius 1 is 0.541 bits per heavy atom. The average Bonchev–Trinajstić information content (AvgIpc) is 2.88. The van der Waals surface area contributed by atoms with Gasteiger partial charge in [-0.3, -0.25) is 0 Å². The maximum atomic E-state index is 10.9. The first-order chi connectivity index (χ1) is 17.6. The molecule has 0 bridgehead atoms. The summed E-state index contributed by atoms with van der Waals surface area (Å²) < 4.78 is 33.3. The van der Waals surface area contributed by atoms with Crippen molar-refractivity contribution in [3.63, 3.8) is 0 Å². The van der Waals surface area contributed by atoms with Gasteiger partial charge >= 0.3 is 0 Å². The molecule has 3 fully saturated rings. The fourth-order valence-electron chi connectivity index (χ4n) is 4.85. The van der Waals surface area contributed by atoms with Crippen LogP contribution < -0.4 is 0 Å². The molecule has 15 atom stereocenters. The van der Waals surface area contributed by atoms with Crippen LogP contribution in [0.3, 0.4) is 0 Å². The number of hydrogen-bond acceptors (Lipinski definition) is 15. The van der Waals surface area contributed by atoms with Gasteiger partial charge < -0.3 is 74.4 Å². The normalized spacial score (nSPS) is 49.2. The van der Waals surface area contributed by atoms with E-state index in [0.29, 0.717) is 0 Å². The Morgan fingerprint density at radius 3 is 1.38 bits per heavy atom. The van der Waals surface area contributed by atoms with Crippen molar-refractivity contribution in [3.05, 3.63) is 0 Å². The average molecular weight is 545 g/mol. The van der Waals surface area contributed by atoms with E-state index >= 15 is 0 Å². The molecule has 3 aliphatic rings. The van der Waals surface area contributed by atoms with Gasteiger partial charge in [0.15, 0.2) is 18.9 Å². The zero-order chi connectivity index (χ0) is 27.4. The first-order valence-electron chi connectivity index (χ1n) is 12.4. The molecule has 0 radical (unpaired) electrons. The second kappa shape index (κ2) is 13.6. The van der Waals surface area contributed by atoms with E-state index in [1.165, 1.54) is 7.11 Å². The van der Waals surface area contributed by atoms with E-state index in [0.717, 1.165) is 0 Å². The Morgan fingerprint density at radius 2 is 0.946 bits per heavy atom. The van der Waals surface area contributed by atoms with Crippen LogP contribution in [-0.2, 0) is 28.4 Å². The van der Waals surface area contributed by atoms with Crippen LogP contribution in [0, 0.1) is 0 Å². The van der Waals surface area contributed by atoms with Crippen LogP contribution in [-0.4, -0.2) is 158 Å². The molecule has 3 saturated heterocycles. The molecule has 0 aliphatic carbocycles. The largest absolute Gasteiger partial charge is 0.396 e. The van der Waals surface area contributed by atoms with Crippen LogP contribution >= 0.6 is 0 Å². The van der Waals surface area contributed by atoms with Crippen molar-refractivity contribution >= 4 is 0 Å². The van der Waals surface area contributed by atoms with Crippen molar-refractivity contribution in [2.24, 2.45) is 0 Å². The first kappa shape index (κ1) is 30.9. The standard InChI is InChI=1S/C22H40O15/c1-3-8-11(25)12(26)15(29)21(33-8)36-19-10(5-7-24)35-22(17(31)14(19)28)37-18-9(4-6-23)34-20(32-2)16(30)13(18)27/h8-31H,3-7H2,1-2H3/t8?,9?,10?,11-,12-,13+,14+,15?,16?,17?,18+,19+,20-,21+,22+/m1/s1. The van der Waals surface area contributed by atoms with Gasteiger partial charge in [0.1, 0.15) is 54.9 Å². The van der Waals surface area contributed by atoms with E-state index in [1.54, 1.807) is 6.92 Å². The van der Waals surface area contributed by atoms with Crippen molar-refractivity contribution < 1.29 is 74.4 Å². The molecule has 0 saturated carbocycles. The van der Waals surface area contributed by atoms with Gasteiger partial charge in [-0.1, -0.05) is 6.92 Å². The molecule has 0 aromatic heterocycles. The summed E-state index contributed by atoms with van der Waals surface area (Å²) in [6.07, 6.45) is -21.0. The minimum Gasteiger partial charge on any atom is -0.396 e. The Kier molecular flexibility index (Phi) is 11.4. The lowest BCUT2D eigenvalue weighted by Crippen LogP contribution is -2.65. The van der Waals surface area contributed by atoms with Crippen molar-refractivity contribution in [1.82, 2.24) is 0 Å². The third kappa shape index (κ3) is 6.59. The predicted octanol–water partition coefficient (Wildman–Crippen LogP) is -4.72. The molecule has 0 aromatic rings. The lowest BCUT2D eigenvalue weighted by atomic mass is 9.94. The van der Waals surface area contributed by atoms with Gasteiger partial charge in [0.25, 0.3) is 0 Å². The van der Waals surface area contributed by atoms with Gasteiger partial charge in [0.05, 0.1) is 18.3 Å². The van der Waals surface area contributed by atoms with E-state index in [2.05, 4.69) is 0 Å². The van der Waals surface area contributed by atoms with Crippen molar-refractivity contribution in [1.29, 1.82) is 0 Å². The Bertz CT molecular complexity index is 684. The van der Waals surface area contributed by atoms with Gasteiger partial charge in [-0.15, -0.1) is 0 Å². The number of ether oxygens (including phenoxy) is 6. The van der Waals surface area contributed by atoms with E-state index in [9.17, 15) is 46.0 Å². The summed E-state index contributed by atoms with van der Waals surface area (Å²) in [6, 6.07) is 0. The maximum absolute atomic E-state index is 10.9. The van der Waals surface area contributed by atoms with Gasteiger partial charge in [0.2, 0.25) is 0 Å². The van der Waals surface area contributed by atoms with Crippen LogP contribution in [0.4, 0.5) is 0 Å².